The fourth-order valence-corrected chi connectivity index (χ4v) is 4.36. The minimum atomic E-state index is -1.13. The monoisotopic (exact) mass is 391 g/mol. The Morgan fingerprint density at radius 1 is 1.07 bits per heavy atom. The van der Waals surface area contributed by atoms with Crippen LogP contribution in [0.1, 0.15) is 58.8 Å². The van der Waals surface area contributed by atoms with Gasteiger partial charge in [-0.1, -0.05) is 33.1 Å². The average Bonchev–Trinajstić information content (AvgIpc) is 2.65. The SMILES string of the molecule is COC(=O)C1=C(NC2CCCCC2)OC2=C(C(=O)CC(C)(C)C2)C1C(=O)OC. The first-order valence-corrected chi connectivity index (χ1v) is 9.88. The molecule has 0 bridgehead atoms. The Balaban J connectivity index is 2.07. The van der Waals surface area contributed by atoms with Gasteiger partial charge in [0, 0.05) is 18.9 Å². The molecule has 0 aromatic rings. The molecule has 1 fully saturated rings. The number of allylic oxidation sites excluding steroid dienone is 1. The number of ketones is 1. The number of nitrogens with one attached hydrogen (secondary N) is 1. The lowest BCUT2D eigenvalue weighted by Crippen LogP contribution is -2.42. The van der Waals surface area contributed by atoms with E-state index in [0.29, 0.717) is 12.2 Å². The molecule has 2 aliphatic carbocycles. The van der Waals surface area contributed by atoms with Crippen molar-refractivity contribution in [2.45, 2.75) is 64.8 Å². The number of methoxy groups -OCH3 is 2. The molecule has 7 nitrogen and oxygen atoms in total. The summed E-state index contributed by atoms with van der Waals surface area (Å²) in [4.78, 5) is 38.2. The summed E-state index contributed by atoms with van der Waals surface area (Å²) < 4.78 is 16.0. The summed E-state index contributed by atoms with van der Waals surface area (Å²) in [5.41, 5.74) is -0.0394. The molecule has 0 aromatic heterocycles. The second-order valence-electron chi connectivity index (χ2n) is 8.55. The van der Waals surface area contributed by atoms with Crippen LogP contribution in [0.5, 0.6) is 0 Å². The number of rotatable bonds is 4. The van der Waals surface area contributed by atoms with E-state index < -0.39 is 17.9 Å². The molecule has 0 saturated heterocycles. The van der Waals surface area contributed by atoms with Crippen molar-refractivity contribution in [2.75, 3.05) is 14.2 Å². The van der Waals surface area contributed by atoms with Crippen molar-refractivity contribution in [3.05, 3.63) is 22.8 Å². The highest BCUT2D eigenvalue weighted by Crippen LogP contribution is 2.45. The number of esters is 2. The zero-order valence-corrected chi connectivity index (χ0v) is 17.1. The van der Waals surface area contributed by atoms with Gasteiger partial charge in [-0.05, 0) is 18.3 Å². The zero-order valence-electron chi connectivity index (χ0n) is 17.1. The Morgan fingerprint density at radius 2 is 1.75 bits per heavy atom. The fourth-order valence-electron chi connectivity index (χ4n) is 4.36. The molecule has 0 radical (unpaired) electrons. The zero-order chi connectivity index (χ0) is 20.5. The van der Waals surface area contributed by atoms with E-state index in [4.69, 9.17) is 14.2 Å². The first kappa shape index (κ1) is 20.4. The maximum Gasteiger partial charge on any atom is 0.340 e. The molecule has 1 atom stereocenters. The molecule has 28 heavy (non-hydrogen) atoms. The van der Waals surface area contributed by atoms with E-state index in [1.165, 1.54) is 20.6 Å². The van der Waals surface area contributed by atoms with Crippen LogP contribution in [0.15, 0.2) is 22.8 Å². The standard InChI is InChI=1S/C21H29NO6/c1-21(2)10-13(23)15-14(11-21)28-18(22-12-8-6-5-7-9-12)17(20(25)27-4)16(15)19(24)26-3/h12,16,22H,5-11H2,1-4H3. The predicted molar refractivity (Wildman–Crippen MR) is 101 cm³/mol. The summed E-state index contributed by atoms with van der Waals surface area (Å²) >= 11 is 0. The van der Waals surface area contributed by atoms with Gasteiger partial charge in [0.25, 0.3) is 0 Å². The van der Waals surface area contributed by atoms with Crippen LogP contribution >= 0.6 is 0 Å². The molecule has 1 N–H and O–H groups in total. The highest BCUT2D eigenvalue weighted by Gasteiger charge is 2.48. The number of hydrogen-bond acceptors (Lipinski definition) is 7. The van der Waals surface area contributed by atoms with E-state index in [2.05, 4.69) is 5.32 Å². The van der Waals surface area contributed by atoms with Crippen molar-refractivity contribution < 1.29 is 28.6 Å². The van der Waals surface area contributed by atoms with Crippen molar-refractivity contribution in [1.82, 2.24) is 5.32 Å². The molecule has 0 aromatic carbocycles. The van der Waals surface area contributed by atoms with Gasteiger partial charge in [-0.25, -0.2) is 4.79 Å². The first-order valence-electron chi connectivity index (χ1n) is 9.88. The molecule has 1 aliphatic heterocycles. The number of hydrogen-bond donors (Lipinski definition) is 1. The van der Waals surface area contributed by atoms with Gasteiger partial charge in [0.2, 0.25) is 5.88 Å². The van der Waals surface area contributed by atoms with Gasteiger partial charge in [0.05, 0.1) is 19.8 Å². The molecule has 1 saturated carbocycles. The lowest BCUT2D eigenvalue weighted by atomic mass is 9.71. The second-order valence-corrected chi connectivity index (χ2v) is 8.55. The van der Waals surface area contributed by atoms with Gasteiger partial charge in [-0.15, -0.1) is 0 Å². The first-order chi connectivity index (χ1) is 13.3. The number of carbonyl (C=O) groups excluding carboxylic acids is 3. The van der Waals surface area contributed by atoms with Crippen LogP contribution in [0.4, 0.5) is 0 Å². The Labute approximate surface area is 165 Å². The van der Waals surface area contributed by atoms with Crippen LogP contribution in [0.3, 0.4) is 0 Å². The molecular weight excluding hydrogens is 362 g/mol. The van der Waals surface area contributed by atoms with Crippen LogP contribution in [0, 0.1) is 11.3 Å². The van der Waals surface area contributed by atoms with Crippen molar-refractivity contribution in [3.8, 4) is 0 Å². The highest BCUT2D eigenvalue weighted by atomic mass is 16.5. The van der Waals surface area contributed by atoms with Crippen LogP contribution in [-0.4, -0.2) is 38.0 Å². The van der Waals surface area contributed by atoms with Crippen molar-refractivity contribution in [3.63, 3.8) is 0 Å². The molecule has 154 valence electrons. The summed E-state index contributed by atoms with van der Waals surface area (Å²) in [5.74, 6) is -2.01. The molecular formula is C21H29NO6. The van der Waals surface area contributed by atoms with E-state index in [1.807, 2.05) is 13.8 Å². The van der Waals surface area contributed by atoms with E-state index in [-0.39, 0.29) is 40.7 Å². The van der Waals surface area contributed by atoms with Gasteiger partial charge < -0.3 is 19.5 Å². The number of Topliss-reactive ketones (excluding diaryl/α,β-unsaturated/α-hetero) is 1. The molecule has 0 amide bonds. The van der Waals surface area contributed by atoms with E-state index >= 15 is 0 Å². The summed E-state index contributed by atoms with van der Waals surface area (Å²) in [6, 6.07) is 0.149. The quantitative estimate of drug-likeness (QED) is 0.737. The van der Waals surface area contributed by atoms with Crippen molar-refractivity contribution in [1.29, 1.82) is 0 Å². The average molecular weight is 391 g/mol. The minimum Gasteiger partial charge on any atom is -0.468 e. The normalized spacial score (nSPS) is 25.0. The topological polar surface area (TPSA) is 90.9 Å². The maximum absolute atomic E-state index is 12.9. The van der Waals surface area contributed by atoms with E-state index in [0.717, 1.165) is 25.7 Å². The van der Waals surface area contributed by atoms with Crippen LogP contribution in [-0.2, 0) is 28.6 Å². The fraction of sp³-hybridized carbons (Fsp3) is 0.667. The number of carbonyl (C=O) groups is 3. The summed E-state index contributed by atoms with van der Waals surface area (Å²) in [6.07, 6.45) is 6.08. The van der Waals surface area contributed by atoms with Gasteiger partial charge in [0.1, 0.15) is 17.3 Å². The third-order valence-corrected chi connectivity index (χ3v) is 5.71. The van der Waals surface area contributed by atoms with Crippen LogP contribution in [0.2, 0.25) is 0 Å². The Morgan fingerprint density at radius 3 is 2.36 bits per heavy atom. The molecule has 1 heterocycles. The lowest BCUT2D eigenvalue weighted by molar-refractivity contribution is -0.148. The smallest absolute Gasteiger partial charge is 0.340 e. The van der Waals surface area contributed by atoms with Gasteiger partial charge >= 0.3 is 11.9 Å². The third-order valence-electron chi connectivity index (χ3n) is 5.71. The van der Waals surface area contributed by atoms with E-state index in [1.54, 1.807) is 0 Å². The Hall–Kier alpha value is -2.31. The number of ether oxygens (including phenoxy) is 3. The summed E-state index contributed by atoms with van der Waals surface area (Å²) in [7, 11) is 2.50. The maximum atomic E-state index is 12.9. The molecule has 7 heteroatoms. The summed E-state index contributed by atoms with van der Waals surface area (Å²) in [6.45, 7) is 3.97. The predicted octanol–water partition coefficient (Wildman–Crippen LogP) is 2.76. The summed E-state index contributed by atoms with van der Waals surface area (Å²) in [5, 5.41) is 3.31. The Kier molecular flexibility index (Phi) is 5.82. The van der Waals surface area contributed by atoms with Crippen molar-refractivity contribution in [2.24, 2.45) is 11.3 Å². The molecule has 0 spiro atoms. The molecule has 1 unspecified atom stereocenters. The third kappa shape index (κ3) is 3.93. The van der Waals surface area contributed by atoms with Crippen LogP contribution < -0.4 is 5.32 Å². The largest absolute Gasteiger partial charge is 0.468 e. The highest BCUT2D eigenvalue weighted by molar-refractivity contribution is 6.08. The minimum absolute atomic E-state index is 0.0201. The Bertz CT molecular complexity index is 742. The van der Waals surface area contributed by atoms with Gasteiger partial charge in [-0.2, -0.15) is 0 Å². The van der Waals surface area contributed by atoms with Gasteiger partial charge in [-0.3, -0.25) is 9.59 Å². The van der Waals surface area contributed by atoms with E-state index in [9.17, 15) is 14.4 Å². The van der Waals surface area contributed by atoms with Gasteiger partial charge in [0.15, 0.2) is 5.78 Å². The van der Waals surface area contributed by atoms with Crippen molar-refractivity contribution >= 4 is 17.7 Å². The second kappa shape index (κ2) is 7.97. The molecule has 3 rings (SSSR count). The molecule has 3 aliphatic rings. The lowest BCUT2D eigenvalue weighted by Gasteiger charge is -2.38. The van der Waals surface area contributed by atoms with Crippen LogP contribution in [0.25, 0.3) is 0 Å².